The molecule has 0 aromatic carbocycles. The van der Waals surface area contributed by atoms with Crippen molar-refractivity contribution >= 4 is 17.1 Å². The zero-order valence-electron chi connectivity index (χ0n) is 15.5. The Balaban J connectivity index is 1.62. The molecule has 2 aromatic heterocycles. The fraction of sp³-hybridized carbons (Fsp3) is 0.500. The van der Waals surface area contributed by atoms with Crippen LogP contribution < -0.4 is 0 Å². The van der Waals surface area contributed by atoms with E-state index in [0.29, 0.717) is 5.82 Å². The number of aryl methyl sites for hydroxylation is 1. The number of nitrogens with zero attached hydrogens (tertiary/aromatic N) is 3. The number of likely N-dealkylation sites (tertiary alicyclic amines) is 1. The molecule has 1 saturated heterocycles. The first-order valence-electron chi connectivity index (χ1n) is 8.90. The van der Waals surface area contributed by atoms with Crippen molar-refractivity contribution in [3.63, 3.8) is 0 Å². The zero-order valence-corrected chi connectivity index (χ0v) is 16.3. The molecule has 5 nitrogen and oxygen atoms in total. The van der Waals surface area contributed by atoms with Crippen molar-refractivity contribution in [2.24, 2.45) is 13.0 Å². The lowest BCUT2D eigenvalue weighted by molar-refractivity contribution is 0.0798. The number of rotatable bonds is 4. The second kappa shape index (κ2) is 7.75. The fourth-order valence-electron chi connectivity index (χ4n) is 3.16. The van der Waals surface area contributed by atoms with Gasteiger partial charge in [0.1, 0.15) is 5.60 Å². The van der Waals surface area contributed by atoms with E-state index in [9.17, 15) is 9.90 Å². The maximum atomic E-state index is 12.7. The van der Waals surface area contributed by atoms with Crippen LogP contribution >= 0.6 is 11.3 Å². The van der Waals surface area contributed by atoms with Gasteiger partial charge in [0.25, 0.3) is 0 Å². The SMILES string of the molecule is Cn1ccnc1C(=O)[C@@H]1CCCN(Cc2ccc(C#CC(C)(C)O)s2)C1. The summed E-state index contributed by atoms with van der Waals surface area (Å²) in [5, 5.41) is 9.71. The van der Waals surface area contributed by atoms with Crippen molar-refractivity contribution < 1.29 is 9.90 Å². The predicted molar refractivity (Wildman–Crippen MR) is 103 cm³/mol. The summed E-state index contributed by atoms with van der Waals surface area (Å²) in [7, 11) is 1.86. The van der Waals surface area contributed by atoms with Crippen molar-refractivity contribution in [2.75, 3.05) is 13.1 Å². The molecule has 0 saturated carbocycles. The summed E-state index contributed by atoms with van der Waals surface area (Å²) in [6, 6.07) is 4.09. The maximum Gasteiger partial charge on any atom is 0.202 e. The summed E-state index contributed by atoms with van der Waals surface area (Å²) in [5.74, 6) is 6.59. The summed E-state index contributed by atoms with van der Waals surface area (Å²) in [5.41, 5.74) is -0.977. The highest BCUT2D eigenvalue weighted by molar-refractivity contribution is 7.12. The van der Waals surface area contributed by atoms with Crippen LogP contribution in [0.15, 0.2) is 24.5 Å². The molecular weight excluding hydrogens is 346 g/mol. The number of imidazole rings is 1. The number of Topliss-reactive ketones (excluding diaryl/α,β-unsaturated/α-hetero) is 1. The number of hydrogen-bond acceptors (Lipinski definition) is 5. The molecule has 1 atom stereocenters. The normalized spacial score (nSPS) is 18.4. The summed E-state index contributed by atoms with van der Waals surface area (Å²) in [4.78, 5) is 21.4. The highest BCUT2D eigenvalue weighted by Gasteiger charge is 2.28. The predicted octanol–water partition coefficient (Wildman–Crippen LogP) is 2.70. The van der Waals surface area contributed by atoms with Crippen LogP contribution in [-0.2, 0) is 13.6 Å². The van der Waals surface area contributed by atoms with Gasteiger partial charge in [0.05, 0.1) is 4.88 Å². The second-order valence-corrected chi connectivity index (χ2v) is 8.54. The molecule has 1 N–H and O–H groups in total. The molecule has 138 valence electrons. The van der Waals surface area contributed by atoms with E-state index in [-0.39, 0.29) is 11.7 Å². The first-order chi connectivity index (χ1) is 12.3. The van der Waals surface area contributed by atoms with Crippen LogP contribution in [0.4, 0.5) is 0 Å². The molecule has 3 heterocycles. The van der Waals surface area contributed by atoms with E-state index >= 15 is 0 Å². The average molecular weight is 372 g/mol. The van der Waals surface area contributed by atoms with Crippen LogP contribution in [0.1, 0.15) is 47.1 Å². The van der Waals surface area contributed by atoms with E-state index in [1.807, 2.05) is 19.3 Å². The summed E-state index contributed by atoms with van der Waals surface area (Å²) in [6.45, 7) is 5.97. The van der Waals surface area contributed by atoms with Gasteiger partial charge in [-0.25, -0.2) is 4.98 Å². The summed E-state index contributed by atoms with van der Waals surface area (Å²) in [6.07, 6.45) is 5.44. The van der Waals surface area contributed by atoms with Gasteiger partial charge in [-0.3, -0.25) is 9.69 Å². The quantitative estimate of drug-likeness (QED) is 0.663. The second-order valence-electron chi connectivity index (χ2n) is 7.38. The van der Waals surface area contributed by atoms with Crippen molar-refractivity contribution in [3.05, 3.63) is 40.1 Å². The lowest BCUT2D eigenvalue weighted by atomic mass is 9.93. The zero-order chi connectivity index (χ0) is 18.7. The average Bonchev–Trinajstić information content (AvgIpc) is 3.21. The Bertz CT molecular complexity index is 835. The van der Waals surface area contributed by atoms with Gasteiger partial charge in [-0.05, 0) is 45.4 Å². The van der Waals surface area contributed by atoms with Gasteiger partial charge in [0.2, 0.25) is 5.78 Å². The molecule has 0 spiro atoms. The molecule has 0 amide bonds. The van der Waals surface area contributed by atoms with E-state index in [1.54, 1.807) is 35.9 Å². The topological polar surface area (TPSA) is 58.4 Å². The first-order valence-corrected chi connectivity index (χ1v) is 9.71. The summed E-state index contributed by atoms with van der Waals surface area (Å²) >= 11 is 1.65. The van der Waals surface area contributed by atoms with Crippen LogP contribution in [0.5, 0.6) is 0 Å². The highest BCUT2D eigenvalue weighted by atomic mass is 32.1. The number of ketones is 1. The Kier molecular flexibility index (Phi) is 5.61. The maximum absolute atomic E-state index is 12.7. The van der Waals surface area contributed by atoms with Gasteiger partial charge < -0.3 is 9.67 Å². The molecule has 1 fully saturated rings. The Hall–Kier alpha value is -1.94. The van der Waals surface area contributed by atoms with Crippen LogP contribution in [0.3, 0.4) is 0 Å². The molecular formula is C20H25N3O2S. The molecule has 26 heavy (non-hydrogen) atoms. The third-order valence-corrected chi connectivity index (χ3v) is 5.44. The van der Waals surface area contributed by atoms with Crippen LogP contribution in [0.25, 0.3) is 0 Å². The Morgan fingerprint density at radius 2 is 2.27 bits per heavy atom. The summed E-state index contributed by atoms with van der Waals surface area (Å²) < 4.78 is 1.80. The Morgan fingerprint density at radius 1 is 1.46 bits per heavy atom. The van der Waals surface area contributed by atoms with E-state index in [0.717, 1.165) is 37.4 Å². The number of piperidine rings is 1. The standard InChI is InChI=1S/C20H25N3O2S/c1-20(2,25)9-8-16-6-7-17(26-16)14-23-11-4-5-15(13-23)18(24)19-21-10-12-22(19)3/h6-7,10,12,15,25H,4-5,11,13-14H2,1-3H3/t15-/m1/s1. The minimum atomic E-state index is -0.977. The van der Waals surface area contributed by atoms with Crippen molar-refractivity contribution in [1.82, 2.24) is 14.5 Å². The molecule has 3 rings (SSSR count). The number of carbonyl (C=O) groups is 1. The lowest BCUT2D eigenvalue weighted by Gasteiger charge is -2.31. The fourth-order valence-corrected chi connectivity index (χ4v) is 4.07. The van der Waals surface area contributed by atoms with Gasteiger partial charge in [-0.1, -0.05) is 11.8 Å². The number of thiophene rings is 1. The van der Waals surface area contributed by atoms with E-state index in [4.69, 9.17) is 0 Å². The minimum absolute atomic E-state index is 0.0132. The third-order valence-electron chi connectivity index (χ3n) is 4.45. The smallest absolute Gasteiger partial charge is 0.202 e. The third kappa shape index (κ3) is 4.82. The van der Waals surface area contributed by atoms with Gasteiger partial charge in [0.15, 0.2) is 5.82 Å². The highest BCUT2D eigenvalue weighted by Crippen LogP contribution is 2.24. The van der Waals surface area contributed by atoms with Gasteiger partial charge in [-0.2, -0.15) is 0 Å². The molecule has 2 aromatic rings. The lowest BCUT2D eigenvalue weighted by Crippen LogP contribution is -2.38. The van der Waals surface area contributed by atoms with Crippen LogP contribution in [0, 0.1) is 17.8 Å². The van der Waals surface area contributed by atoms with Gasteiger partial charge >= 0.3 is 0 Å². The largest absolute Gasteiger partial charge is 0.378 e. The molecule has 1 aliphatic heterocycles. The van der Waals surface area contributed by atoms with E-state index in [1.165, 1.54) is 4.88 Å². The van der Waals surface area contributed by atoms with Crippen molar-refractivity contribution in [3.8, 4) is 11.8 Å². The Labute approximate surface area is 158 Å². The van der Waals surface area contributed by atoms with Gasteiger partial charge in [-0.15, -0.1) is 11.3 Å². The van der Waals surface area contributed by atoms with E-state index < -0.39 is 5.60 Å². The molecule has 0 aliphatic carbocycles. The molecule has 1 aliphatic rings. The Morgan fingerprint density at radius 3 is 2.96 bits per heavy atom. The minimum Gasteiger partial charge on any atom is -0.378 e. The van der Waals surface area contributed by atoms with Crippen molar-refractivity contribution in [2.45, 2.75) is 38.8 Å². The molecule has 0 bridgehead atoms. The number of hydrogen-bond donors (Lipinski definition) is 1. The number of carbonyl (C=O) groups excluding carboxylic acids is 1. The number of aliphatic hydroxyl groups is 1. The number of aromatic nitrogens is 2. The molecule has 0 unspecified atom stereocenters. The molecule has 6 heteroatoms. The van der Waals surface area contributed by atoms with E-state index in [2.05, 4.69) is 27.8 Å². The monoisotopic (exact) mass is 371 g/mol. The van der Waals surface area contributed by atoms with Crippen molar-refractivity contribution in [1.29, 1.82) is 0 Å². The van der Waals surface area contributed by atoms with Crippen LogP contribution in [-0.4, -0.2) is 44.0 Å². The van der Waals surface area contributed by atoms with Crippen LogP contribution in [0.2, 0.25) is 0 Å². The first kappa shape index (κ1) is 18.8. The molecule has 0 radical (unpaired) electrons. The van der Waals surface area contributed by atoms with Gasteiger partial charge in [0, 0.05) is 43.3 Å².